The lowest BCUT2D eigenvalue weighted by Gasteiger charge is -2.10. The molecule has 0 fully saturated rings. The van der Waals surface area contributed by atoms with Crippen LogP contribution in [0.2, 0.25) is 0 Å². The van der Waals surface area contributed by atoms with Gasteiger partial charge in [0.25, 0.3) is 11.5 Å². The Morgan fingerprint density at radius 3 is 2.76 bits per heavy atom. The maximum Gasteiger partial charge on any atom is 0.271 e. The Morgan fingerprint density at radius 1 is 1.24 bits per heavy atom. The number of aryl methyl sites for hydroxylation is 1. The van der Waals surface area contributed by atoms with Crippen molar-refractivity contribution >= 4 is 17.3 Å². The molecule has 2 aromatic rings. The second kappa shape index (κ2) is 4.73. The largest absolute Gasteiger partial charge is 0.354 e. The molecule has 3 rings (SSSR count). The lowest BCUT2D eigenvalue weighted by Crippen LogP contribution is -2.22. The molecule has 1 aliphatic rings. The number of amides is 1. The number of carbonyl (C=O) groups is 1. The lowest BCUT2D eigenvalue weighted by atomic mass is 10.1. The van der Waals surface area contributed by atoms with E-state index in [1.54, 1.807) is 32.1 Å². The highest BCUT2D eigenvalue weighted by Gasteiger charge is 2.24. The molecule has 1 aromatic heterocycles. The predicted molar refractivity (Wildman–Crippen MR) is 79.7 cm³/mol. The smallest absolute Gasteiger partial charge is 0.271 e. The molecule has 1 amide bonds. The van der Waals surface area contributed by atoms with E-state index in [1.807, 2.05) is 18.2 Å². The van der Waals surface area contributed by atoms with Gasteiger partial charge in [0.1, 0.15) is 0 Å². The summed E-state index contributed by atoms with van der Waals surface area (Å²) >= 11 is 0. The maximum atomic E-state index is 12.0. The van der Waals surface area contributed by atoms with Crippen molar-refractivity contribution in [2.75, 3.05) is 12.4 Å². The fraction of sp³-hybridized carbons (Fsp3) is 0.267. The molecule has 108 valence electrons. The number of carbonyl (C=O) groups excluding carboxylic acids is 1. The monoisotopic (exact) mass is 284 g/mol. The number of nitrogens with zero attached hydrogens (tertiary/aromatic N) is 3. The third kappa shape index (κ3) is 2.18. The van der Waals surface area contributed by atoms with Crippen LogP contribution in [0.4, 0.5) is 11.4 Å². The van der Waals surface area contributed by atoms with Gasteiger partial charge in [0, 0.05) is 37.5 Å². The normalized spacial score (nSPS) is 13.5. The molecule has 0 saturated heterocycles. The minimum Gasteiger partial charge on any atom is -0.354 e. The summed E-state index contributed by atoms with van der Waals surface area (Å²) in [5.41, 5.74) is 3.60. The Balaban J connectivity index is 1.96. The highest BCUT2D eigenvalue weighted by molar-refractivity contribution is 5.99. The van der Waals surface area contributed by atoms with Crippen LogP contribution in [0.5, 0.6) is 0 Å². The number of aromatic nitrogens is 2. The second-order valence-corrected chi connectivity index (χ2v) is 5.27. The van der Waals surface area contributed by atoms with E-state index in [9.17, 15) is 9.59 Å². The maximum absolute atomic E-state index is 12.0. The van der Waals surface area contributed by atoms with Crippen LogP contribution in [0, 0.1) is 6.92 Å². The molecule has 21 heavy (non-hydrogen) atoms. The van der Waals surface area contributed by atoms with Gasteiger partial charge in [-0.25, -0.2) is 4.68 Å². The Hall–Kier alpha value is -2.63. The zero-order valence-electron chi connectivity index (χ0n) is 12.2. The summed E-state index contributed by atoms with van der Waals surface area (Å²) in [5.74, 6) is 0.0208. The molecule has 0 spiro atoms. The number of hydrogen-bond donors (Lipinski definition) is 1. The molecule has 0 unspecified atom stereocenters. The fourth-order valence-corrected chi connectivity index (χ4v) is 2.46. The molecule has 0 radical (unpaired) electrons. The average molecular weight is 284 g/mol. The van der Waals surface area contributed by atoms with Gasteiger partial charge in [-0.15, -0.1) is 0 Å². The summed E-state index contributed by atoms with van der Waals surface area (Å²) in [7, 11) is 3.40. The van der Waals surface area contributed by atoms with Crippen molar-refractivity contribution in [1.82, 2.24) is 14.7 Å². The van der Waals surface area contributed by atoms with Gasteiger partial charge in [-0.2, -0.15) is 5.10 Å². The first-order valence-electron chi connectivity index (χ1n) is 6.65. The molecule has 0 bridgehead atoms. The van der Waals surface area contributed by atoms with Crippen molar-refractivity contribution < 1.29 is 4.79 Å². The third-order valence-electron chi connectivity index (χ3n) is 3.75. The average Bonchev–Trinajstić information content (AvgIpc) is 2.75. The first-order valence-corrected chi connectivity index (χ1v) is 6.65. The van der Waals surface area contributed by atoms with Gasteiger partial charge in [0.15, 0.2) is 0 Å². The van der Waals surface area contributed by atoms with Crippen LogP contribution in [0.3, 0.4) is 0 Å². The molecule has 6 nitrogen and oxygen atoms in total. The predicted octanol–water partition coefficient (Wildman–Crippen LogP) is 1.42. The molecule has 1 N–H and O–H groups in total. The Labute approximate surface area is 122 Å². The summed E-state index contributed by atoms with van der Waals surface area (Å²) < 4.78 is 1.29. The Bertz CT molecular complexity index is 795. The minimum atomic E-state index is -0.142. The van der Waals surface area contributed by atoms with E-state index in [-0.39, 0.29) is 11.5 Å². The highest BCUT2D eigenvalue weighted by Crippen LogP contribution is 2.26. The van der Waals surface area contributed by atoms with Gasteiger partial charge in [-0.05, 0) is 24.6 Å². The summed E-state index contributed by atoms with van der Waals surface area (Å²) in [5, 5.41) is 7.16. The first-order chi connectivity index (χ1) is 9.97. The zero-order valence-corrected chi connectivity index (χ0v) is 12.2. The minimum absolute atomic E-state index is 0.0208. The van der Waals surface area contributed by atoms with Crippen LogP contribution < -0.4 is 10.9 Å². The van der Waals surface area contributed by atoms with Crippen molar-refractivity contribution in [3.63, 3.8) is 0 Å². The van der Waals surface area contributed by atoms with E-state index >= 15 is 0 Å². The number of benzene rings is 1. The molecule has 6 heteroatoms. The van der Waals surface area contributed by atoms with Crippen molar-refractivity contribution in [1.29, 1.82) is 0 Å². The molecule has 0 aliphatic carbocycles. The van der Waals surface area contributed by atoms with Gasteiger partial charge in [0.2, 0.25) is 0 Å². The van der Waals surface area contributed by atoms with Crippen LogP contribution in [0.15, 0.2) is 29.2 Å². The van der Waals surface area contributed by atoms with Gasteiger partial charge in [-0.1, -0.05) is 6.07 Å². The van der Waals surface area contributed by atoms with Crippen LogP contribution in [-0.4, -0.2) is 27.6 Å². The Kier molecular flexibility index (Phi) is 3.01. The summed E-state index contributed by atoms with van der Waals surface area (Å²) in [6, 6.07) is 5.66. The number of anilines is 2. The standard InChI is InChI=1S/C15H16N4O2/c1-9-13(7-16-19(3)14(9)20)17-11-5-4-10-8-18(2)15(21)12(10)6-11/h4-7,17H,8H2,1-3H3. The van der Waals surface area contributed by atoms with Crippen molar-refractivity contribution in [3.05, 3.63) is 51.4 Å². The van der Waals surface area contributed by atoms with Gasteiger partial charge < -0.3 is 10.2 Å². The second-order valence-electron chi connectivity index (χ2n) is 5.27. The molecular formula is C15H16N4O2. The number of hydrogen-bond acceptors (Lipinski definition) is 4. The molecule has 2 heterocycles. The topological polar surface area (TPSA) is 67.2 Å². The summed E-state index contributed by atoms with van der Waals surface area (Å²) in [6.07, 6.45) is 1.61. The van der Waals surface area contributed by atoms with Crippen LogP contribution >= 0.6 is 0 Å². The van der Waals surface area contributed by atoms with Gasteiger partial charge in [-0.3, -0.25) is 9.59 Å². The van der Waals surface area contributed by atoms with Crippen LogP contribution in [0.1, 0.15) is 21.5 Å². The van der Waals surface area contributed by atoms with Crippen LogP contribution in [-0.2, 0) is 13.6 Å². The third-order valence-corrected chi connectivity index (χ3v) is 3.75. The van der Waals surface area contributed by atoms with Crippen molar-refractivity contribution in [3.8, 4) is 0 Å². The molecular weight excluding hydrogens is 268 g/mol. The highest BCUT2D eigenvalue weighted by atomic mass is 16.2. The van der Waals surface area contributed by atoms with Gasteiger partial charge >= 0.3 is 0 Å². The van der Waals surface area contributed by atoms with Crippen molar-refractivity contribution in [2.24, 2.45) is 7.05 Å². The molecule has 1 aliphatic heterocycles. The molecule has 0 saturated carbocycles. The van der Waals surface area contributed by atoms with E-state index in [0.717, 1.165) is 11.3 Å². The van der Waals surface area contributed by atoms with E-state index in [4.69, 9.17) is 0 Å². The SMILES string of the molecule is Cc1c(Nc2ccc3c(c2)C(=O)N(C)C3)cnn(C)c1=O. The van der Waals surface area contributed by atoms with Crippen LogP contribution in [0.25, 0.3) is 0 Å². The Morgan fingerprint density at radius 2 is 2.00 bits per heavy atom. The fourth-order valence-electron chi connectivity index (χ4n) is 2.46. The van der Waals surface area contributed by atoms with E-state index in [1.165, 1.54) is 4.68 Å². The van der Waals surface area contributed by atoms with E-state index < -0.39 is 0 Å². The van der Waals surface area contributed by atoms with Gasteiger partial charge in [0.05, 0.1) is 11.9 Å². The van der Waals surface area contributed by atoms with E-state index in [2.05, 4.69) is 10.4 Å². The zero-order chi connectivity index (χ0) is 15.1. The first kappa shape index (κ1) is 13.4. The van der Waals surface area contributed by atoms with Crippen molar-refractivity contribution in [2.45, 2.75) is 13.5 Å². The summed E-state index contributed by atoms with van der Waals surface area (Å²) in [4.78, 5) is 25.5. The number of rotatable bonds is 2. The quantitative estimate of drug-likeness (QED) is 0.905. The number of nitrogens with one attached hydrogen (secondary N) is 1. The summed E-state index contributed by atoms with van der Waals surface area (Å²) in [6.45, 7) is 2.39. The molecule has 1 aromatic carbocycles. The number of fused-ring (bicyclic) bond motifs is 1. The van der Waals surface area contributed by atoms with E-state index in [0.29, 0.717) is 23.4 Å². The molecule has 0 atom stereocenters. The lowest BCUT2D eigenvalue weighted by molar-refractivity contribution is 0.0816.